The van der Waals surface area contributed by atoms with Crippen LogP contribution in [0.1, 0.15) is 35.9 Å². The summed E-state index contributed by atoms with van der Waals surface area (Å²) >= 11 is 1.61. The van der Waals surface area contributed by atoms with E-state index in [2.05, 4.69) is 32.1 Å². The Morgan fingerprint density at radius 3 is 2.10 bits per heavy atom. The third-order valence-electron chi connectivity index (χ3n) is 1.74. The van der Waals surface area contributed by atoms with Crippen LogP contribution in [0.2, 0.25) is 0 Å². The van der Waals surface area contributed by atoms with Gasteiger partial charge in [-0.25, -0.2) is 0 Å². The minimum Gasteiger partial charge on any atom is -0.197 e. The summed E-state index contributed by atoms with van der Waals surface area (Å²) in [6.07, 6.45) is 0. The Kier molecular flexibility index (Phi) is 2.09. The fraction of sp³-hybridized carbons (Fsp3) is 0.625. The van der Waals surface area contributed by atoms with Crippen LogP contribution in [-0.4, -0.2) is 4.37 Å². The van der Waals surface area contributed by atoms with Crippen LogP contribution in [-0.2, 0) is 0 Å². The molecule has 56 valence electrons. The van der Waals surface area contributed by atoms with Gasteiger partial charge in [-0.2, -0.15) is 4.37 Å². The molecule has 1 aromatic heterocycles. The van der Waals surface area contributed by atoms with E-state index in [-0.39, 0.29) is 0 Å². The molecule has 1 heterocycles. The first-order chi connectivity index (χ1) is 4.63. The summed E-state index contributed by atoms with van der Waals surface area (Å²) in [4.78, 5) is 1.35. The highest BCUT2D eigenvalue weighted by atomic mass is 32.1. The first-order valence-corrected chi connectivity index (χ1v) is 4.33. The zero-order valence-electron chi connectivity index (χ0n) is 6.93. The van der Waals surface area contributed by atoms with Crippen molar-refractivity contribution < 1.29 is 0 Å². The Hall–Kier alpha value is -0.370. The molecule has 1 nitrogen and oxygen atoms in total. The third kappa shape index (κ3) is 1.21. The highest BCUT2D eigenvalue weighted by molar-refractivity contribution is 7.05. The summed E-state index contributed by atoms with van der Waals surface area (Å²) in [7, 11) is 0. The fourth-order valence-corrected chi connectivity index (χ4v) is 1.80. The number of hydrogen-bond donors (Lipinski definition) is 0. The molecular weight excluding hydrogens is 142 g/mol. The maximum atomic E-state index is 4.36. The lowest BCUT2D eigenvalue weighted by Crippen LogP contribution is -1.89. The van der Waals surface area contributed by atoms with Crippen molar-refractivity contribution in [2.24, 2.45) is 0 Å². The molecule has 0 saturated heterocycles. The van der Waals surface area contributed by atoms with E-state index in [4.69, 9.17) is 0 Å². The number of aromatic nitrogens is 1. The molecule has 0 aliphatic carbocycles. The molecule has 0 bridgehead atoms. The van der Waals surface area contributed by atoms with Gasteiger partial charge < -0.3 is 0 Å². The van der Waals surface area contributed by atoms with Crippen molar-refractivity contribution in [3.8, 4) is 0 Å². The van der Waals surface area contributed by atoms with E-state index in [1.54, 1.807) is 11.5 Å². The van der Waals surface area contributed by atoms with Crippen molar-refractivity contribution in [2.45, 2.75) is 33.6 Å². The summed E-state index contributed by atoms with van der Waals surface area (Å²) < 4.78 is 4.36. The molecule has 0 atom stereocenters. The molecule has 0 aliphatic rings. The van der Waals surface area contributed by atoms with E-state index in [9.17, 15) is 0 Å². The van der Waals surface area contributed by atoms with E-state index in [1.165, 1.54) is 16.1 Å². The van der Waals surface area contributed by atoms with Crippen LogP contribution in [0.25, 0.3) is 0 Å². The van der Waals surface area contributed by atoms with Gasteiger partial charge in [0.25, 0.3) is 0 Å². The molecular formula is C8H13NS. The normalized spacial score (nSPS) is 10.9. The maximum absolute atomic E-state index is 4.36. The van der Waals surface area contributed by atoms with Gasteiger partial charge in [0.05, 0.1) is 5.69 Å². The van der Waals surface area contributed by atoms with Crippen LogP contribution < -0.4 is 0 Å². The predicted molar refractivity (Wildman–Crippen MR) is 45.7 cm³/mol. The standard InChI is InChI=1S/C8H13NS/c1-5(2)8-6(3)7(4)10-9-8/h5H,1-4H3. The lowest BCUT2D eigenvalue weighted by Gasteiger charge is -2.00. The number of hydrogen-bond acceptors (Lipinski definition) is 2. The minimum atomic E-state index is 0.574. The summed E-state index contributed by atoms with van der Waals surface area (Å²) in [6, 6.07) is 0. The van der Waals surface area contributed by atoms with Gasteiger partial charge in [0.1, 0.15) is 0 Å². The Bertz CT molecular complexity index is 225. The largest absolute Gasteiger partial charge is 0.197 e. The molecule has 0 radical (unpaired) electrons. The number of aryl methyl sites for hydroxylation is 1. The van der Waals surface area contributed by atoms with Crippen molar-refractivity contribution in [1.29, 1.82) is 0 Å². The SMILES string of the molecule is Cc1snc(C(C)C)c1C. The highest BCUT2D eigenvalue weighted by Crippen LogP contribution is 2.22. The van der Waals surface area contributed by atoms with Crippen LogP contribution in [0.3, 0.4) is 0 Å². The second-order valence-electron chi connectivity index (χ2n) is 2.90. The molecule has 1 aromatic rings. The molecule has 0 N–H and O–H groups in total. The van der Waals surface area contributed by atoms with Crippen LogP contribution in [0.4, 0.5) is 0 Å². The summed E-state index contributed by atoms with van der Waals surface area (Å²) in [5, 5.41) is 0. The first-order valence-electron chi connectivity index (χ1n) is 3.55. The number of nitrogens with zero attached hydrogens (tertiary/aromatic N) is 1. The Balaban J connectivity index is 3.05. The molecule has 0 aliphatic heterocycles. The van der Waals surface area contributed by atoms with Crippen LogP contribution in [0, 0.1) is 13.8 Å². The van der Waals surface area contributed by atoms with Gasteiger partial charge in [0, 0.05) is 4.88 Å². The molecule has 10 heavy (non-hydrogen) atoms. The Labute approximate surface area is 66.3 Å². The van der Waals surface area contributed by atoms with Gasteiger partial charge >= 0.3 is 0 Å². The number of rotatable bonds is 1. The average molecular weight is 155 g/mol. The Morgan fingerprint density at radius 1 is 1.30 bits per heavy atom. The lowest BCUT2D eigenvalue weighted by molar-refractivity contribution is 0.830. The van der Waals surface area contributed by atoms with Crippen molar-refractivity contribution in [3.63, 3.8) is 0 Å². The van der Waals surface area contributed by atoms with Crippen molar-refractivity contribution >= 4 is 11.5 Å². The minimum absolute atomic E-state index is 0.574. The van der Waals surface area contributed by atoms with Crippen LogP contribution >= 0.6 is 11.5 Å². The van der Waals surface area contributed by atoms with Crippen LogP contribution in [0.5, 0.6) is 0 Å². The van der Waals surface area contributed by atoms with Gasteiger partial charge in [0.15, 0.2) is 0 Å². The zero-order valence-corrected chi connectivity index (χ0v) is 7.75. The highest BCUT2D eigenvalue weighted by Gasteiger charge is 2.08. The van der Waals surface area contributed by atoms with E-state index in [1.807, 2.05) is 0 Å². The quantitative estimate of drug-likeness (QED) is 0.607. The fourth-order valence-electron chi connectivity index (χ4n) is 0.973. The average Bonchev–Trinajstić information content (AvgIpc) is 2.14. The van der Waals surface area contributed by atoms with Gasteiger partial charge in [0.2, 0.25) is 0 Å². The molecule has 0 unspecified atom stereocenters. The maximum Gasteiger partial charge on any atom is 0.0599 e. The monoisotopic (exact) mass is 155 g/mol. The molecule has 2 heteroatoms. The van der Waals surface area contributed by atoms with Crippen molar-refractivity contribution in [1.82, 2.24) is 4.37 Å². The van der Waals surface area contributed by atoms with Gasteiger partial charge in [-0.1, -0.05) is 13.8 Å². The molecule has 0 amide bonds. The molecule has 1 rings (SSSR count). The van der Waals surface area contributed by atoms with Crippen LogP contribution in [0.15, 0.2) is 0 Å². The van der Waals surface area contributed by atoms with Gasteiger partial charge in [-0.3, -0.25) is 0 Å². The van der Waals surface area contributed by atoms with Gasteiger partial charge in [-0.15, -0.1) is 0 Å². The third-order valence-corrected chi connectivity index (χ3v) is 2.61. The van der Waals surface area contributed by atoms with Crippen molar-refractivity contribution in [3.05, 3.63) is 16.1 Å². The van der Waals surface area contributed by atoms with Gasteiger partial charge in [-0.05, 0) is 36.9 Å². The van der Waals surface area contributed by atoms with E-state index < -0.39 is 0 Å². The van der Waals surface area contributed by atoms with E-state index in [0.717, 1.165) is 0 Å². The van der Waals surface area contributed by atoms with E-state index in [0.29, 0.717) is 5.92 Å². The zero-order chi connectivity index (χ0) is 7.72. The lowest BCUT2D eigenvalue weighted by atomic mass is 10.1. The van der Waals surface area contributed by atoms with E-state index >= 15 is 0 Å². The predicted octanol–water partition coefficient (Wildman–Crippen LogP) is 2.88. The molecule has 0 aromatic carbocycles. The summed E-state index contributed by atoms with van der Waals surface area (Å²) in [5.41, 5.74) is 2.64. The molecule has 0 saturated carbocycles. The summed E-state index contributed by atoms with van der Waals surface area (Å²) in [5.74, 6) is 0.574. The second-order valence-corrected chi connectivity index (χ2v) is 3.88. The Morgan fingerprint density at radius 2 is 1.90 bits per heavy atom. The first kappa shape index (κ1) is 7.73. The topological polar surface area (TPSA) is 12.9 Å². The summed E-state index contributed by atoms with van der Waals surface area (Å²) in [6.45, 7) is 8.63. The smallest absolute Gasteiger partial charge is 0.0599 e. The van der Waals surface area contributed by atoms with Crippen molar-refractivity contribution in [2.75, 3.05) is 0 Å². The molecule has 0 fully saturated rings. The molecule has 0 spiro atoms. The second kappa shape index (κ2) is 2.70.